The summed E-state index contributed by atoms with van der Waals surface area (Å²) in [7, 11) is 0. The summed E-state index contributed by atoms with van der Waals surface area (Å²) < 4.78 is 38.2. The van der Waals surface area contributed by atoms with Crippen molar-refractivity contribution < 1.29 is 23.1 Å². The number of nitrogens with one attached hydrogen (secondary N) is 1. The normalized spacial score (nSPS) is 21.3. The number of hydrogen-bond donors (Lipinski definition) is 2. The number of thiazole rings is 1. The first kappa shape index (κ1) is 16.5. The Morgan fingerprint density at radius 1 is 1.43 bits per heavy atom. The number of amides is 2. The fraction of sp³-hybridized carbons (Fsp3) is 0.714. The summed E-state index contributed by atoms with van der Waals surface area (Å²) in [6.45, 7) is 0.0380. The highest BCUT2D eigenvalue weighted by molar-refractivity contribution is 7.09. The van der Waals surface area contributed by atoms with E-state index in [1.165, 1.54) is 16.2 Å². The molecule has 0 atom stereocenters. The molecule has 2 fully saturated rings. The molecule has 128 valence electrons. The molecule has 1 aromatic rings. The maximum Gasteiger partial charge on any atom is 0.417 e. The van der Waals surface area contributed by atoms with Gasteiger partial charge in [-0.1, -0.05) is 0 Å². The van der Waals surface area contributed by atoms with Gasteiger partial charge in [-0.05, 0) is 12.8 Å². The molecule has 0 aromatic carbocycles. The average molecular weight is 349 g/mol. The van der Waals surface area contributed by atoms with Crippen LogP contribution in [0.5, 0.6) is 0 Å². The maximum absolute atomic E-state index is 12.7. The number of rotatable bonds is 3. The van der Waals surface area contributed by atoms with Crippen LogP contribution in [-0.2, 0) is 6.54 Å². The van der Waals surface area contributed by atoms with Crippen molar-refractivity contribution >= 4 is 17.4 Å². The molecule has 9 heteroatoms. The van der Waals surface area contributed by atoms with Crippen LogP contribution in [0.25, 0.3) is 0 Å². The first-order valence-electron chi connectivity index (χ1n) is 7.55. The number of likely N-dealkylation sites (tertiary alicyclic amines) is 1. The van der Waals surface area contributed by atoms with Crippen molar-refractivity contribution in [2.45, 2.75) is 49.9 Å². The van der Waals surface area contributed by atoms with Crippen molar-refractivity contribution in [2.24, 2.45) is 0 Å². The van der Waals surface area contributed by atoms with E-state index in [9.17, 15) is 23.1 Å². The smallest absolute Gasteiger partial charge is 0.380 e. The zero-order valence-electron chi connectivity index (χ0n) is 12.4. The summed E-state index contributed by atoms with van der Waals surface area (Å²) in [6.07, 6.45) is -3.33. The van der Waals surface area contributed by atoms with Gasteiger partial charge in [-0.15, -0.1) is 11.3 Å². The highest BCUT2D eigenvalue weighted by Gasteiger charge is 2.54. The Kier molecular flexibility index (Phi) is 4.26. The Morgan fingerprint density at radius 2 is 2.09 bits per heavy atom. The lowest BCUT2D eigenvalue weighted by molar-refractivity contribution is -0.271. The van der Waals surface area contributed by atoms with Gasteiger partial charge in [0.15, 0.2) is 5.60 Å². The molecule has 23 heavy (non-hydrogen) atoms. The monoisotopic (exact) mass is 349 g/mol. The van der Waals surface area contributed by atoms with Crippen LogP contribution in [0, 0.1) is 0 Å². The van der Waals surface area contributed by atoms with E-state index in [1.54, 1.807) is 0 Å². The van der Waals surface area contributed by atoms with E-state index in [4.69, 9.17) is 0 Å². The summed E-state index contributed by atoms with van der Waals surface area (Å²) in [4.78, 5) is 17.8. The highest BCUT2D eigenvalue weighted by atomic mass is 32.1. The molecule has 1 saturated carbocycles. The number of aromatic nitrogens is 1. The molecule has 5 nitrogen and oxygen atoms in total. The van der Waals surface area contributed by atoms with Crippen molar-refractivity contribution in [2.75, 3.05) is 13.1 Å². The maximum atomic E-state index is 12.7. The van der Waals surface area contributed by atoms with E-state index < -0.39 is 30.7 Å². The Hall–Kier alpha value is -1.35. The van der Waals surface area contributed by atoms with Crippen LogP contribution in [0.1, 0.15) is 42.3 Å². The number of piperidine rings is 1. The SMILES string of the molecule is O=C(NCc1nc(C2CC2)cs1)N1CCC(O)(C(F)(F)F)CC1. The topological polar surface area (TPSA) is 65.5 Å². The van der Waals surface area contributed by atoms with Gasteiger partial charge < -0.3 is 15.3 Å². The summed E-state index contributed by atoms with van der Waals surface area (Å²) in [5.74, 6) is 0.554. The highest BCUT2D eigenvalue weighted by Crippen LogP contribution is 2.40. The van der Waals surface area contributed by atoms with Crippen LogP contribution >= 0.6 is 11.3 Å². The van der Waals surface area contributed by atoms with Gasteiger partial charge in [0.25, 0.3) is 0 Å². The van der Waals surface area contributed by atoms with Crippen LogP contribution in [-0.4, -0.2) is 45.9 Å². The number of urea groups is 1. The Labute approximate surface area is 135 Å². The van der Waals surface area contributed by atoms with Gasteiger partial charge in [0.1, 0.15) is 5.01 Å². The van der Waals surface area contributed by atoms with E-state index in [0.717, 1.165) is 23.5 Å². The summed E-state index contributed by atoms with van der Waals surface area (Å²) >= 11 is 1.48. The van der Waals surface area contributed by atoms with Gasteiger partial charge in [-0.25, -0.2) is 9.78 Å². The first-order chi connectivity index (χ1) is 10.8. The molecule has 0 spiro atoms. The van der Waals surface area contributed by atoms with Crippen LogP contribution in [0.2, 0.25) is 0 Å². The fourth-order valence-electron chi connectivity index (χ4n) is 2.60. The molecule has 2 aliphatic rings. The third-order valence-corrected chi connectivity index (χ3v) is 5.23. The second-order valence-electron chi connectivity index (χ2n) is 6.12. The minimum atomic E-state index is -4.66. The lowest BCUT2D eigenvalue weighted by Gasteiger charge is -2.38. The van der Waals surface area contributed by atoms with Crippen molar-refractivity contribution in [1.29, 1.82) is 0 Å². The second-order valence-corrected chi connectivity index (χ2v) is 7.06. The van der Waals surface area contributed by atoms with Gasteiger partial charge in [-0.3, -0.25) is 0 Å². The van der Waals surface area contributed by atoms with Crippen LogP contribution in [0.4, 0.5) is 18.0 Å². The minimum Gasteiger partial charge on any atom is -0.380 e. The predicted octanol–water partition coefficient (Wildman–Crippen LogP) is 2.62. The number of alkyl halides is 3. The number of halogens is 3. The average Bonchev–Trinajstić information content (AvgIpc) is 3.23. The molecule has 3 rings (SSSR count). The Bertz CT molecular complexity index is 578. The van der Waals surface area contributed by atoms with E-state index in [1.807, 2.05) is 5.38 Å². The predicted molar refractivity (Wildman–Crippen MR) is 78.1 cm³/mol. The lowest BCUT2D eigenvalue weighted by Crippen LogP contribution is -2.55. The van der Waals surface area contributed by atoms with Gasteiger partial charge in [0, 0.05) is 37.2 Å². The molecule has 0 radical (unpaired) electrons. The number of carbonyl (C=O) groups excluding carboxylic acids is 1. The Morgan fingerprint density at radius 3 is 2.65 bits per heavy atom. The molecule has 1 saturated heterocycles. The third kappa shape index (κ3) is 3.60. The zero-order valence-corrected chi connectivity index (χ0v) is 13.2. The van der Waals surface area contributed by atoms with E-state index >= 15 is 0 Å². The standard InChI is InChI=1S/C14H18F3N3O2S/c15-14(16,17)13(22)3-5-20(6-4-13)12(21)18-7-11-19-10(8-23-11)9-1-2-9/h8-9,22H,1-7H2,(H,18,21). The second kappa shape index (κ2) is 5.94. The first-order valence-corrected chi connectivity index (χ1v) is 8.43. The molecule has 1 aliphatic carbocycles. The minimum absolute atomic E-state index is 0.118. The molecule has 2 amide bonds. The molecular formula is C14H18F3N3O2S. The van der Waals surface area contributed by atoms with Gasteiger partial charge in [-0.2, -0.15) is 13.2 Å². The van der Waals surface area contributed by atoms with Crippen molar-refractivity contribution in [3.63, 3.8) is 0 Å². The Balaban J connectivity index is 1.47. The fourth-order valence-corrected chi connectivity index (χ4v) is 3.41. The van der Waals surface area contributed by atoms with E-state index in [-0.39, 0.29) is 19.6 Å². The lowest BCUT2D eigenvalue weighted by atomic mass is 9.91. The molecule has 1 aliphatic heterocycles. The quantitative estimate of drug-likeness (QED) is 0.882. The van der Waals surface area contributed by atoms with Gasteiger partial charge >= 0.3 is 12.2 Å². The van der Waals surface area contributed by atoms with E-state index in [0.29, 0.717) is 5.92 Å². The van der Waals surface area contributed by atoms with Crippen molar-refractivity contribution in [3.05, 3.63) is 16.1 Å². The number of hydrogen-bond acceptors (Lipinski definition) is 4. The molecule has 0 bridgehead atoms. The number of nitrogens with zero attached hydrogens (tertiary/aromatic N) is 2. The molecular weight excluding hydrogens is 331 g/mol. The van der Waals surface area contributed by atoms with Gasteiger partial charge in [0.2, 0.25) is 0 Å². The largest absolute Gasteiger partial charge is 0.417 e. The molecule has 0 unspecified atom stereocenters. The molecule has 1 aromatic heterocycles. The number of carbonyl (C=O) groups is 1. The van der Waals surface area contributed by atoms with Crippen LogP contribution < -0.4 is 5.32 Å². The van der Waals surface area contributed by atoms with E-state index in [2.05, 4.69) is 10.3 Å². The summed E-state index contributed by atoms with van der Waals surface area (Å²) in [6, 6.07) is -0.419. The summed E-state index contributed by atoms with van der Waals surface area (Å²) in [5.41, 5.74) is -1.62. The van der Waals surface area contributed by atoms with Crippen molar-refractivity contribution in [3.8, 4) is 0 Å². The third-order valence-electron chi connectivity index (χ3n) is 4.36. The number of aliphatic hydroxyl groups is 1. The van der Waals surface area contributed by atoms with Gasteiger partial charge in [0.05, 0.1) is 12.2 Å². The van der Waals surface area contributed by atoms with Crippen LogP contribution in [0.3, 0.4) is 0 Å². The van der Waals surface area contributed by atoms with Crippen molar-refractivity contribution in [1.82, 2.24) is 15.2 Å². The molecule has 2 N–H and O–H groups in total. The molecule has 2 heterocycles. The van der Waals surface area contributed by atoms with Crippen LogP contribution in [0.15, 0.2) is 5.38 Å². The summed E-state index contributed by atoms with van der Waals surface area (Å²) in [5, 5.41) is 15.0. The zero-order chi connectivity index (χ0) is 16.7.